The fraction of sp³-hybridized carbons (Fsp3) is 0. The zero-order valence-corrected chi connectivity index (χ0v) is 35.3. The molecule has 13 rings (SSSR count). The van der Waals surface area contributed by atoms with E-state index >= 15 is 0 Å². The van der Waals surface area contributed by atoms with E-state index in [1.165, 1.54) is 15.9 Å². The van der Waals surface area contributed by atoms with Gasteiger partial charge in [-0.15, -0.1) is 22.7 Å². The molecule has 0 aliphatic heterocycles. The molecule has 8 aromatic carbocycles. The van der Waals surface area contributed by atoms with Crippen LogP contribution in [-0.4, -0.2) is 60.4 Å². The fourth-order valence-electron chi connectivity index (χ4n) is 9.42. The van der Waals surface area contributed by atoms with Crippen molar-refractivity contribution in [2.45, 2.75) is 0 Å². The Balaban J connectivity index is 1.19. The second-order valence-corrected chi connectivity index (χ2v) is 18.0. The number of benzene rings is 8. The summed E-state index contributed by atoms with van der Waals surface area (Å²) < 4.78 is 11.2. The van der Waals surface area contributed by atoms with Gasteiger partial charge in [-0.05, 0) is 42.5 Å². The van der Waals surface area contributed by atoms with Crippen molar-refractivity contribution in [3.63, 3.8) is 0 Å². The van der Waals surface area contributed by atoms with E-state index in [9.17, 15) is 40.9 Å². The Hall–Kier alpha value is -8.79. The average molecular weight is 905 g/mol. The molecule has 0 saturated heterocycles. The van der Waals surface area contributed by atoms with Gasteiger partial charge in [0, 0.05) is 73.5 Å². The van der Waals surface area contributed by atoms with Crippen LogP contribution in [0.1, 0.15) is 0 Å². The molecule has 0 unspecified atom stereocenters. The predicted octanol–water partition coefficient (Wildman–Crippen LogP) is 12.2. The van der Waals surface area contributed by atoms with Gasteiger partial charge >= 0.3 is 0 Å². The van der Waals surface area contributed by atoms with E-state index in [1.807, 2.05) is 91.0 Å². The summed E-state index contributed by atoms with van der Waals surface area (Å²) >= 11 is 3.06. The second-order valence-electron chi connectivity index (χ2n) is 15.9. The van der Waals surface area contributed by atoms with Crippen molar-refractivity contribution in [1.82, 2.24) is 19.5 Å². The van der Waals surface area contributed by atoms with Crippen molar-refractivity contribution in [3.8, 4) is 85.8 Å². The van der Waals surface area contributed by atoms with Crippen LogP contribution in [0.25, 0.3) is 124 Å². The van der Waals surface area contributed by atoms with Crippen LogP contribution in [0.4, 0.5) is 0 Å². The number of hydrogen-bond donors (Lipinski definition) is 8. The average Bonchev–Trinajstić information content (AvgIpc) is 4.12. The number of thiophene rings is 2. The number of aromatic hydroxyl groups is 8. The second kappa shape index (κ2) is 13.4. The van der Waals surface area contributed by atoms with Gasteiger partial charge in [-0.1, -0.05) is 78.9 Å². The Morgan fingerprint density at radius 3 is 1.59 bits per heavy atom. The van der Waals surface area contributed by atoms with Crippen LogP contribution in [0.2, 0.25) is 0 Å². The van der Waals surface area contributed by atoms with Crippen LogP contribution in [0.3, 0.4) is 0 Å². The first-order valence-corrected chi connectivity index (χ1v) is 22.0. The van der Waals surface area contributed by atoms with Crippen molar-refractivity contribution in [2.75, 3.05) is 0 Å². The van der Waals surface area contributed by atoms with Crippen LogP contribution in [-0.2, 0) is 0 Å². The van der Waals surface area contributed by atoms with E-state index in [0.29, 0.717) is 38.6 Å². The number of para-hydroxylation sites is 1. The summed E-state index contributed by atoms with van der Waals surface area (Å²) in [6, 6.07) is 38.9. The van der Waals surface area contributed by atoms with E-state index in [-0.39, 0.29) is 22.5 Å². The number of aromatic nitrogens is 4. The Morgan fingerprint density at radius 1 is 0.379 bits per heavy atom. The highest BCUT2D eigenvalue weighted by atomic mass is 32.1. The van der Waals surface area contributed by atoms with E-state index in [0.717, 1.165) is 52.0 Å². The molecule has 0 saturated carbocycles. The molecule has 318 valence electrons. The molecular formula is C51H28N4O9S2. The quantitative estimate of drug-likeness (QED) is 0.0611. The van der Waals surface area contributed by atoms with Gasteiger partial charge in [0.25, 0.3) is 0 Å². The van der Waals surface area contributed by atoms with Gasteiger partial charge in [-0.3, -0.25) is 0 Å². The Bertz CT molecular complexity index is 4230. The zero-order chi connectivity index (χ0) is 44.9. The third-order valence-corrected chi connectivity index (χ3v) is 14.7. The first-order valence-electron chi connectivity index (χ1n) is 20.4. The largest absolute Gasteiger partial charge is 0.504 e. The summed E-state index contributed by atoms with van der Waals surface area (Å²) in [7, 11) is 0. The molecule has 0 aliphatic rings. The maximum Gasteiger partial charge on any atom is 0.206 e. The highest BCUT2D eigenvalue weighted by Gasteiger charge is 2.33. The summed E-state index contributed by atoms with van der Waals surface area (Å²) in [6.45, 7) is 0. The van der Waals surface area contributed by atoms with Crippen molar-refractivity contribution >= 4 is 107 Å². The van der Waals surface area contributed by atoms with Crippen molar-refractivity contribution in [1.29, 1.82) is 0 Å². The van der Waals surface area contributed by atoms with Crippen molar-refractivity contribution < 1.29 is 45.3 Å². The summed E-state index contributed by atoms with van der Waals surface area (Å²) in [4.78, 5) is 15.8. The number of rotatable bonds is 4. The normalized spacial score (nSPS) is 12.1. The number of hydrogen-bond acceptors (Lipinski definition) is 14. The monoisotopic (exact) mass is 904 g/mol. The van der Waals surface area contributed by atoms with Crippen LogP contribution in [0, 0.1) is 0 Å². The van der Waals surface area contributed by atoms with Crippen molar-refractivity contribution in [3.05, 3.63) is 121 Å². The Morgan fingerprint density at radius 2 is 0.894 bits per heavy atom. The van der Waals surface area contributed by atoms with Crippen LogP contribution in [0.15, 0.2) is 126 Å². The molecule has 0 aliphatic carbocycles. The zero-order valence-electron chi connectivity index (χ0n) is 33.6. The third-order valence-electron chi connectivity index (χ3n) is 12.3. The minimum Gasteiger partial charge on any atom is -0.504 e. The minimum absolute atomic E-state index is 0.168. The van der Waals surface area contributed by atoms with E-state index in [1.54, 1.807) is 23.5 Å². The topological polar surface area (TPSA) is 219 Å². The summed E-state index contributed by atoms with van der Waals surface area (Å²) in [5.41, 5.74) is 2.64. The summed E-state index contributed by atoms with van der Waals surface area (Å²) in [6.07, 6.45) is 0. The minimum atomic E-state index is -1.12. The number of phenols is 8. The first kappa shape index (κ1) is 37.7. The number of fused-ring (bicyclic) bond motifs is 12. The molecule has 5 heterocycles. The van der Waals surface area contributed by atoms with Gasteiger partial charge in [-0.25, -0.2) is 15.0 Å². The molecule has 13 aromatic rings. The standard InChI is InChI=1S/C51H28N4O9S2/c56-40-36-37-39(43(59)47(63)45(61)41(37)57)55(38(36)42(58)46(62)44(40)60)21-19-28(35-25-11-3-6-18-32(25)65-33(35)20-21)51-53-49(26-13-8-16-30-34(26)24-10-1-4-15-29(24)64-30)52-50(54-51)27-14-7-12-23-22-9-2-5-17-31(22)66-48(23)27/h1-20,56-63H. The molecular weight excluding hydrogens is 877 g/mol. The van der Waals surface area contributed by atoms with Gasteiger partial charge in [-0.2, -0.15) is 0 Å². The Labute approximate surface area is 377 Å². The summed E-state index contributed by atoms with van der Waals surface area (Å²) in [5.74, 6) is -7.31. The molecule has 15 heteroatoms. The van der Waals surface area contributed by atoms with Gasteiger partial charge in [0.2, 0.25) is 23.0 Å². The molecule has 0 fully saturated rings. The molecule has 0 bridgehead atoms. The lowest BCUT2D eigenvalue weighted by atomic mass is 10.0. The number of phenolic OH excluding ortho intramolecular Hbond substituents is 8. The molecule has 8 N–H and O–H groups in total. The van der Waals surface area contributed by atoms with Gasteiger partial charge in [0.05, 0.1) is 10.8 Å². The van der Waals surface area contributed by atoms with Crippen molar-refractivity contribution in [2.24, 2.45) is 0 Å². The molecule has 0 atom stereocenters. The maximum atomic E-state index is 11.6. The molecule has 0 spiro atoms. The van der Waals surface area contributed by atoms with E-state index < -0.39 is 56.8 Å². The smallest absolute Gasteiger partial charge is 0.206 e. The van der Waals surface area contributed by atoms with Gasteiger partial charge in [0.15, 0.2) is 40.5 Å². The van der Waals surface area contributed by atoms with Crippen LogP contribution < -0.4 is 0 Å². The molecule has 0 amide bonds. The fourth-order valence-corrected chi connectivity index (χ4v) is 11.8. The molecule has 66 heavy (non-hydrogen) atoms. The van der Waals surface area contributed by atoms with E-state index in [2.05, 4.69) is 18.2 Å². The predicted molar refractivity (Wildman–Crippen MR) is 257 cm³/mol. The third kappa shape index (κ3) is 5.00. The number of nitrogens with zero attached hydrogens (tertiary/aromatic N) is 4. The SMILES string of the molecule is Oc1c(O)c(O)c2c(c1O)c1c(O)c(O)c(O)c(O)c1n2-c1cc(-c2nc(-c3cccc4c3sc3ccccc34)nc(-c3cccc4oc5ccccc5c34)n2)c2c(c1)sc1ccccc12. The maximum absolute atomic E-state index is 11.6. The van der Waals surface area contributed by atoms with Crippen LogP contribution >= 0.6 is 22.7 Å². The first-order chi connectivity index (χ1) is 32.1. The molecule has 0 radical (unpaired) electrons. The van der Waals surface area contributed by atoms with Gasteiger partial charge < -0.3 is 49.8 Å². The lowest BCUT2D eigenvalue weighted by Gasteiger charge is -2.15. The molecule has 13 nitrogen and oxygen atoms in total. The molecule has 5 aromatic heterocycles. The summed E-state index contributed by atoms with van der Waals surface area (Å²) in [5, 5.41) is 93.6. The lowest BCUT2D eigenvalue weighted by molar-refractivity contribution is 0.350. The van der Waals surface area contributed by atoms with E-state index in [4.69, 9.17) is 19.4 Å². The number of furan rings is 1. The van der Waals surface area contributed by atoms with Gasteiger partial charge in [0.1, 0.15) is 22.2 Å². The van der Waals surface area contributed by atoms with Crippen LogP contribution in [0.5, 0.6) is 46.0 Å². The lowest BCUT2D eigenvalue weighted by Crippen LogP contribution is -2.02. The highest BCUT2D eigenvalue weighted by Crippen LogP contribution is 2.59. The Kier molecular flexibility index (Phi) is 7.64. The highest BCUT2D eigenvalue weighted by molar-refractivity contribution is 7.26.